The van der Waals surface area contributed by atoms with Gasteiger partial charge in [-0.3, -0.25) is 37.3 Å². The molecule has 0 aromatic carbocycles. The second kappa shape index (κ2) is 70.0. The molecule has 95 heavy (non-hydrogen) atoms. The van der Waals surface area contributed by atoms with Gasteiger partial charge in [-0.1, -0.05) is 328 Å². The van der Waals surface area contributed by atoms with Gasteiger partial charge in [0.25, 0.3) is 0 Å². The maximum atomic E-state index is 13.1. The summed E-state index contributed by atoms with van der Waals surface area (Å²) in [5.41, 5.74) is 0. The third-order valence-corrected chi connectivity index (χ3v) is 19.1. The maximum absolute atomic E-state index is 13.1. The number of carbonyl (C=O) groups excluding carboxylic acids is 4. The molecule has 19 heteroatoms. The summed E-state index contributed by atoms with van der Waals surface area (Å²) < 4.78 is 68.3. The van der Waals surface area contributed by atoms with Gasteiger partial charge in [-0.05, 0) is 51.4 Å². The van der Waals surface area contributed by atoms with E-state index in [1.165, 1.54) is 180 Å². The number of phosphoric ester groups is 2. The summed E-state index contributed by atoms with van der Waals surface area (Å²) in [4.78, 5) is 72.6. The molecule has 0 fully saturated rings. The first-order valence-electron chi connectivity index (χ1n) is 39.1. The summed E-state index contributed by atoms with van der Waals surface area (Å²) in [6.07, 6.45) is 63.4. The van der Waals surface area contributed by atoms with Crippen molar-refractivity contribution in [3.63, 3.8) is 0 Å². The van der Waals surface area contributed by atoms with Gasteiger partial charge in [-0.25, -0.2) is 9.13 Å². The Hall–Kier alpha value is -2.46. The van der Waals surface area contributed by atoms with Crippen LogP contribution in [0.2, 0.25) is 0 Å². The summed E-state index contributed by atoms with van der Waals surface area (Å²) in [6.45, 7) is 4.87. The molecular weight excluding hydrogens is 1250 g/mol. The lowest BCUT2D eigenvalue weighted by Gasteiger charge is -2.21. The fourth-order valence-electron chi connectivity index (χ4n) is 11.2. The molecule has 2 unspecified atom stereocenters. The highest BCUT2D eigenvalue weighted by molar-refractivity contribution is 7.47. The summed E-state index contributed by atoms with van der Waals surface area (Å²) in [5.74, 6) is -2.15. The minimum absolute atomic E-state index is 0.102. The highest BCUT2D eigenvalue weighted by Crippen LogP contribution is 2.45. The van der Waals surface area contributed by atoms with Gasteiger partial charge in [0.05, 0.1) is 26.4 Å². The molecule has 0 saturated heterocycles. The lowest BCUT2D eigenvalue weighted by molar-refractivity contribution is -0.161. The van der Waals surface area contributed by atoms with Crippen molar-refractivity contribution in [2.45, 2.75) is 399 Å². The van der Waals surface area contributed by atoms with Crippen LogP contribution in [0.1, 0.15) is 381 Å². The molecule has 0 aromatic rings. The summed E-state index contributed by atoms with van der Waals surface area (Å²) in [6, 6.07) is 0. The van der Waals surface area contributed by atoms with Gasteiger partial charge in [0.1, 0.15) is 19.3 Å². The van der Waals surface area contributed by atoms with Crippen molar-refractivity contribution < 1.29 is 80.2 Å². The van der Waals surface area contributed by atoms with Gasteiger partial charge in [0, 0.05) is 25.7 Å². The summed E-state index contributed by atoms with van der Waals surface area (Å²) >= 11 is 0. The molecule has 0 amide bonds. The molecule has 5 atom stereocenters. The topological polar surface area (TPSA) is 237 Å². The first-order chi connectivity index (χ1) is 46.2. The Morgan fingerprint density at radius 1 is 0.295 bits per heavy atom. The number of phosphoric acid groups is 2. The minimum atomic E-state index is -4.96. The van der Waals surface area contributed by atoms with Gasteiger partial charge in [0.15, 0.2) is 12.2 Å². The molecule has 0 aliphatic carbocycles. The predicted molar refractivity (Wildman–Crippen MR) is 386 cm³/mol. The molecule has 0 rings (SSSR count). The quantitative estimate of drug-likeness (QED) is 0.0169. The van der Waals surface area contributed by atoms with Crippen LogP contribution >= 0.6 is 15.6 Å². The molecule has 17 nitrogen and oxygen atoms in total. The van der Waals surface area contributed by atoms with E-state index in [0.29, 0.717) is 25.7 Å². The molecule has 0 aliphatic heterocycles. The molecule has 0 aliphatic rings. The minimum Gasteiger partial charge on any atom is -0.462 e. The third-order valence-electron chi connectivity index (χ3n) is 17.2. The second-order valence-electron chi connectivity index (χ2n) is 26.7. The number of unbranched alkanes of at least 4 members (excludes halogenated alkanes) is 46. The fraction of sp³-hybridized carbons (Fsp3) is 0.895. The molecule has 3 N–H and O–H groups in total. The zero-order valence-corrected chi connectivity index (χ0v) is 62.9. The van der Waals surface area contributed by atoms with Crippen LogP contribution in [0.25, 0.3) is 0 Å². The molecule has 0 radical (unpaired) electrons. The average Bonchev–Trinajstić information content (AvgIpc) is 2.97. The van der Waals surface area contributed by atoms with E-state index in [-0.39, 0.29) is 25.7 Å². The van der Waals surface area contributed by atoms with Crippen LogP contribution in [-0.4, -0.2) is 96.7 Å². The number of aliphatic hydroxyl groups excluding tert-OH is 1. The number of hydrogen-bond acceptors (Lipinski definition) is 15. The average molecular weight is 1390 g/mol. The van der Waals surface area contributed by atoms with Crippen LogP contribution in [0.4, 0.5) is 0 Å². The number of carbonyl (C=O) groups is 4. The Balaban J connectivity index is 5.19. The van der Waals surface area contributed by atoms with Crippen LogP contribution in [0.3, 0.4) is 0 Å². The standard InChI is InChI=1S/C76H144O17P2/c1-5-9-13-17-21-24-27-30-32-33-34-35-36-37-39-41-44-47-51-55-59-63-76(81)93-72(67-87-74(79)61-57-53-49-45-43-40-38-31-28-25-22-18-14-10-6-2)69-91-95(84,85)89-65-70(77)64-88-94(82,83)90-68-71(66-86-73(78)60-56-52-48-20-16-12-8-4)92-75(80)62-58-54-50-46-42-29-26-23-19-15-11-7-3/h25,28,31,38,70-72,77H,5-24,26-27,29-30,32-37,39-69H2,1-4H3,(H,82,83)(H,84,85)/b28-25-,38-31-/t70-,71+,72+/m0/s1. The zero-order valence-electron chi connectivity index (χ0n) is 61.1. The van der Waals surface area contributed by atoms with Gasteiger partial charge in [-0.15, -0.1) is 0 Å². The first-order valence-corrected chi connectivity index (χ1v) is 42.1. The predicted octanol–water partition coefficient (Wildman–Crippen LogP) is 22.2. The molecule has 0 spiro atoms. The number of aliphatic hydroxyl groups is 1. The van der Waals surface area contributed by atoms with Gasteiger partial charge >= 0.3 is 39.5 Å². The van der Waals surface area contributed by atoms with E-state index in [0.717, 1.165) is 122 Å². The molecule has 0 saturated carbocycles. The van der Waals surface area contributed by atoms with Crippen LogP contribution in [0.5, 0.6) is 0 Å². The number of hydrogen-bond donors (Lipinski definition) is 3. The van der Waals surface area contributed by atoms with Crippen LogP contribution in [0, 0.1) is 0 Å². The molecule has 560 valence electrons. The van der Waals surface area contributed by atoms with Gasteiger partial charge in [-0.2, -0.15) is 0 Å². The second-order valence-corrected chi connectivity index (χ2v) is 29.6. The van der Waals surface area contributed by atoms with E-state index in [9.17, 15) is 43.2 Å². The Bertz CT molecular complexity index is 1900. The molecule has 0 aromatic heterocycles. The van der Waals surface area contributed by atoms with Crippen molar-refractivity contribution in [3.8, 4) is 0 Å². The normalized spacial score (nSPS) is 14.1. The van der Waals surface area contributed by atoms with E-state index in [4.69, 9.17) is 37.0 Å². The fourth-order valence-corrected chi connectivity index (χ4v) is 12.8. The van der Waals surface area contributed by atoms with E-state index in [1.807, 2.05) is 0 Å². The number of allylic oxidation sites excluding steroid dienone is 4. The van der Waals surface area contributed by atoms with Crippen LogP contribution in [-0.2, 0) is 65.4 Å². The van der Waals surface area contributed by atoms with Crippen molar-refractivity contribution in [1.82, 2.24) is 0 Å². The van der Waals surface area contributed by atoms with E-state index in [2.05, 4.69) is 52.0 Å². The van der Waals surface area contributed by atoms with Crippen molar-refractivity contribution >= 4 is 39.5 Å². The van der Waals surface area contributed by atoms with Crippen molar-refractivity contribution in [3.05, 3.63) is 24.3 Å². The van der Waals surface area contributed by atoms with Crippen molar-refractivity contribution in [2.24, 2.45) is 0 Å². The van der Waals surface area contributed by atoms with Gasteiger partial charge in [0.2, 0.25) is 0 Å². The van der Waals surface area contributed by atoms with Crippen LogP contribution < -0.4 is 0 Å². The lowest BCUT2D eigenvalue weighted by Crippen LogP contribution is -2.30. The first kappa shape index (κ1) is 92.5. The number of esters is 4. The maximum Gasteiger partial charge on any atom is 0.472 e. The third kappa shape index (κ3) is 69.8. The van der Waals surface area contributed by atoms with E-state index in [1.54, 1.807) is 0 Å². The Morgan fingerprint density at radius 3 is 0.768 bits per heavy atom. The zero-order chi connectivity index (χ0) is 69.7. The largest absolute Gasteiger partial charge is 0.472 e. The molecular formula is C76H144O17P2. The highest BCUT2D eigenvalue weighted by Gasteiger charge is 2.30. The van der Waals surface area contributed by atoms with E-state index < -0.39 is 97.5 Å². The summed E-state index contributed by atoms with van der Waals surface area (Å²) in [7, 11) is -9.91. The number of ether oxygens (including phenoxy) is 4. The SMILES string of the molecule is CCCCCC/C=C\C=C/CCCCCCCC(=O)OC[C@H](COP(=O)(O)OC[C@@H](O)COP(=O)(O)OC[C@@H](COC(=O)CCCCCCCCC)OC(=O)CCCCCCCCCCCCCC)OC(=O)CCCCCCCCCCCCCCCCCCCCCCC. The smallest absolute Gasteiger partial charge is 0.462 e. The van der Waals surface area contributed by atoms with E-state index >= 15 is 0 Å². The molecule has 0 heterocycles. The van der Waals surface area contributed by atoms with Crippen LogP contribution in [0.15, 0.2) is 24.3 Å². The summed E-state index contributed by atoms with van der Waals surface area (Å²) in [5, 5.41) is 10.6. The Morgan fingerprint density at radius 2 is 0.505 bits per heavy atom. The Labute approximate surface area is 580 Å². The monoisotopic (exact) mass is 1390 g/mol. The lowest BCUT2D eigenvalue weighted by atomic mass is 10.0. The van der Waals surface area contributed by atoms with Crippen molar-refractivity contribution in [2.75, 3.05) is 39.6 Å². The molecule has 0 bridgehead atoms. The van der Waals surface area contributed by atoms with Gasteiger partial charge < -0.3 is 33.8 Å². The highest BCUT2D eigenvalue weighted by atomic mass is 31.2. The number of rotatable bonds is 75. The van der Waals surface area contributed by atoms with Crippen molar-refractivity contribution in [1.29, 1.82) is 0 Å². The Kier molecular flexibility index (Phi) is 68.2.